The maximum atomic E-state index is 10.2. The Balaban J connectivity index is 1.68. The minimum absolute atomic E-state index is 0.197. The molecule has 0 amide bonds. The third-order valence-electron chi connectivity index (χ3n) is 6.17. The summed E-state index contributed by atoms with van der Waals surface area (Å²) in [5.41, 5.74) is 0. The first-order valence-electron chi connectivity index (χ1n) is 9.96. The molecule has 0 aliphatic heterocycles. The zero-order chi connectivity index (χ0) is 17.7. The third-order valence-corrected chi connectivity index (χ3v) is 6.17. The molecule has 2 fully saturated rings. The Kier molecular flexibility index (Phi) is 7.99. The molecule has 0 saturated heterocycles. The second kappa shape index (κ2) is 9.51. The number of ether oxygens (including phenoxy) is 2. The second-order valence-electron chi connectivity index (χ2n) is 8.67. The van der Waals surface area contributed by atoms with Gasteiger partial charge in [-0.15, -0.1) is 0 Å². The lowest BCUT2D eigenvalue weighted by Gasteiger charge is -2.34. The van der Waals surface area contributed by atoms with Gasteiger partial charge in [-0.05, 0) is 49.4 Å². The van der Waals surface area contributed by atoms with Crippen LogP contribution < -0.4 is 0 Å². The lowest BCUT2D eigenvalue weighted by atomic mass is 9.81. The van der Waals surface area contributed by atoms with E-state index in [0.29, 0.717) is 23.7 Å². The van der Waals surface area contributed by atoms with E-state index in [1.54, 1.807) is 0 Å². The lowest BCUT2D eigenvalue weighted by molar-refractivity contribution is -0.119. The van der Waals surface area contributed by atoms with Gasteiger partial charge in [0.05, 0.1) is 25.4 Å². The normalized spacial score (nSPS) is 40.2. The van der Waals surface area contributed by atoms with Crippen LogP contribution in [0.5, 0.6) is 0 Å². The van der Waals surface area contributed by atoms with Crippen molar-refractivity contribution in [2.24, 2.45) is 23.7 Å². The highest BCUT2D eigenvalue weighted by atomic mass is 16.5. The summed E-state index contributed by atoms with van der Waals surface area (Å²) in [5.74, 6) is 2.44. The van der Waals surface area contributed by atoms with Crippen LogP contribution in [0.3, 0.4) is 0 Å². The molecule has 2 saturated carbocycles. The molecule has 2 rings (SSSR count). The van der Waals surface area contributed by atoms with Crippen LogP contribution in [0.25, 0.3) is 0 Å². The van der Waals surface area contributed by atoms with Crippen molar-refractivity contribution < 1.29 is 19.7 Å². The van der Waals surface area contributed by atoms with Crippen molar-refractivity contribution in [1.82, 2.24) is 0 Å². The van der Waals surface area contributed by atoms with Gasteiger partial charge in [0, 0.05) is 0 Å². The van der Waals surface area contributed by atoms with Crippen molar-refractivity contribution in [1.29, 1.82) is 0 Å². The van der Waals surface area contributed by atoms with Crippen LogP contribution in [-0.2, 0) is 9.47 Å². The van der Waals surface area contributed by atoms with E-state index in [1.165, 1.54) is 25.7 Å². The van der Waals surface area contributed by atoms with Crippen LogP contribution in [0, 0.1) is 23.7 Å². The van der Waals surface area contributed by atoms with Gasteiger partial charge in [0.15, 0.2) is 0 Å². The van der Waals surface area contributed by atoms with Crippen molar-refractivity contribution in [3.63, 3.8) is 0 Å². The first-order valence-corrected chi connectivity index (χ1v) is 9.96. The summed E-state index contributed by atoms with van der Waals surface area (Å²) in [4.78, 5) is 0. The number of aliphatic hydroxyl groups excluding tert-OH is 2. The molecule has 4 heteroatoms. The molecule has 24 heavy (non-hydrogen) atoms. The van der Waals surface area contributed by atoms with E-state index in [4.69, 9.17) is 9.47 Å². The van der Waals surface area contributed by atoms with Gasteiger partial charge in [0.1, 0.15) is 12.2 Å². The van der Waals surface area contributed by atoms with Crippen molar-refractivity contribution in [2.75, 3.05) is 13.2 Å². The van der Waals surface area contributed by atoms with Gasteiger partial charge < -0.3 is 19.7 Å². The Hall–Kier alpha value is -0.160. The monoisotopic (exact) mass is 342 g/mol. The molecule has 142 valence electrons. The van der Waals surface area contributed by atoms with Gasteiger partial charge in [-0.2, -0.15) is 0 Å². The number of hydrogen-bond acceptors (Lipinski definition) is 4. The molecule has 0 radical (unpaired) electrons. The number of rotatable bonds is 7. The highest BCUT2D eigenvalue weighted by Crippen LogP contribution is 2.31. The van der Waals surface area contributed by atoms with Gasteiger partial charge in [-0.25, -0.2) is 0 Å². The fraction of sp³-hybridized carbons (Fsp3) is 1.00. The molecule has 0 aromatic rings. The van der Waals surface area contributed by atoms with E-state index >= 15 is 0 Å². The van der Waals surface area contributed by atoms with E-state index in [2.05, 4.69) is 27.7 Å². The first-order chi connectivity index (χ1) is 11.4. The van der Waals surface area contributed by atoms with Crippen molar-refractivity contribution in [2.45, 2.75) is 90.6 Å². The maximum absolute atomic E-state index is 10.2. The van der Waals surface area contributed by atoms with E-state index in [0.717, 1.165) is 12.8 Å². The molecule has 0 spiro atoms. The Bertz CT molecular complexity index is 328. The van der Waals surface area contributed by atoms with Gasteiger partial charge in [-0.1, -0.05) is 40.5 Å². The smallest absolute Gasteiger partial charge is 0.105 e. The van der Waals surface area contributed by atoms with E-state index in [1.807, 2.05) is 0 Å². The summed E-state index contributed by atoms with van der Waals surface area (Å²) in [6.07, 6.45) is 5.67. The molecule has 2 aliphatic carbocycles. The molecule has 0 heterocycles. The van der Waals surface area contributed by atoms with Crippen LogP contribution in [0.1, 0.15) is 66.2 Å². The topological polar surface area (TPSA) is 58.9 Å². The maximum Gasteiger partial charge on any atom is 0.105 e. The minimum atomic E-state index is -0.870. The molecule has 0 aromatic heterocycles. The van der Waals surface area contributed by atoms with Gasteiger partial charge in [-0.3, -0.25) is 0 Å². The predicted molar refractivity (Wildman–Crippen MR) is 95.9 cm³/mol. The van der Waals surface area contributed by atoms with Gasteiger partial charge >= 0.3 is 0 Å². The van der Waals surface area contributed by atoms with Crippen LogP contribution >= 0.6 is 0 Å². The zero-order valence-electron chi connectivity index (χ0n) is 16.0. The average molecular weight is 343 g/mol. The number of aliphatic hydroxyl groups is 2. The molecule has 2 aliphatic rings. The van der Waals surface area contributed by atoms with E-state index in [9.17, 15) is 10.2 Å². The van der Waals surface area contributed by atoms with Crippen LogP contribution in [0.2, 0.25) is 0 Å². The van der Waals surface area contributed by atoms with Gasteiger partial charge in [0.2, 0.25) is 0 Å². The summed E-state index contributed by atoms with van der Waals surface area (Å²) in [5, 5.41) is 20.4. The largest absolute Gasteiger partial charge is 0.388 e. The van der Waals surface area contributed by atoms with Gasteiger partial charge in [0.25, 0.3) is 0 Å². The third kappa shape index (κ3) is 5.98. The van der Waals surface area contributed by atoms with Crippen LogP contribution in [0.15, 0.2) is 0 Å². The fourth-order valence-corrected chi connectivity index (χ4v) is 4.09. The summed E-state index contributed by atoms with van der Waals surface area (Å²) in [6, 6.07) is 0. The lowest BCUT2D eigenvalue weighted by Crippen LogP contribution is -2.40. The standard InChI is InChI=1S/C20H38O4/c1-13-5-7-15(3)19(9-13)23-11-17(21)18(22)12-24-20-10-14(2)6-8-16(20)4/h13-22H,5-12H2,1-4H3/t13?,14?,15?,16?,17-,18+,19?,20?. The molecule has 0 bridgehead atoms. The zero-order valence-corrected chi connectivity index (χ0v) is 16.0. The SMILES string of the molecule is CC1CCC(C)C(OC[C@@H](O)[C@@H](O)COC2CC(C)CCC2C)C1. The minimum Gasteiger partial charge on any atom is -0.388 e. The van der Waals surface area contributed by atoms with Crippen molar-refractivity contribution >= 4 is 0 Å². The first kappa shape index (κ1) is 20.2. The molecule has 0 aromatic carbocycles. The summed E-state index contributed by atoms with van der Waals surface area (Å²) in [6.45, 7) is 9.34. The molecule has 2 N–H and O–H groups in total. The van der Waals surface area contributed by atoms with Crippen molar-refractivity contribution in [3.05, 3.63) is 0 Å². The predicted octanol–water partition coefficient (Wildman–Crippen LogP) is 3.39. The van der Waals surface area contributed by atoms with Crippen molar-refractivity contribution in [3.8, 4) is 0 Å². The Labute approximate surface area is 147 Å². The summed E-state index contributed by atoms with van der Waals surface area (Å²) >= 11 is 0. The van der Waals surface area contributed by atoms with Crippen LogP contribution in [-0.4, -0.2) is 47.8 Å². The summed E-state index contributed by atoms with van der Waals surface area (Å²) in [7, 11) is 0. The Morgan fingerprint density at radius 2 is 1.08 bits per heavy atom. The molecule has 8 atom stereocenters. The Morgan fingerprint density at radius 1 is 0.708 bits per heavy atom. The quantitative estimate of drug-likeness (QED) is 0.744. The molecular formula is C20H38O4. The highest BCUT2D eigenvalue weighted by Gasteiger charge is 2.30. The molecular weight excluding hydrogens is 304 g/mol. The second-order valence-corrected chi connectivity index (χ2v) is 8.67. The van der Waals surface area contributed by atoms with Crippen LogP contribution in [0.4, 0.5) is 0 Å². The molecule has 6 unspecified atom stereocenters. The van der Waals surface area contributed by atoms with E-state index in [-0.39, 0.29) is 25.4 Å². The highest BCUT2D eigenvalue weighted by molar-refractivity contribution is 4.79. The number of hydrogen-bond donors (Lipinski definition) is 2. The summed E-state index contributed by atoms with van der Waals surface area (Å²) < 4.78 is 11.8. The fourth-order valence-electron chi connectivity index (χ4n) is 4.09. The van der Waals surface area contributed by atoms with E-state index < -0.39 is 12.2 Å². The average Bonchev–Trinajstić information content (AvgIpc) is 2.55. The Morgan fingerprint density at radius 3 is 1.46 bits per heavy atom. The molecule has 4 nitrogen and oxygen atoms in total.